The fourth-order valence-electron chi connectivity index (χ4n) is 2.67. The van der Waals surface area contributed by atoms with Gasteiger partial charge in [-0.1, -0.05) is 76.7 Å². The third kappa shape index (κ3) is 4.47. The quantitative estimate of drug-likeness (QED) is 0.468. The van der Waals surface area contributed by atoms with Crippen molar-refractivity contribution in [2.75, 3.05) is 5.32 Å². The Morgan fingerprint density at radius 2 is 1.79 bits per heavy atom. The lowest BCUT2D eigenvalue weighted by atomic mass is 10.1. The largest absolute Gasteiger partial charge is 0.333 e. The van der Waals surface area contributed by atoms with E-state index in [9.17, 15) is 4.79 Å². The highest BCUT2D eigenvalue weighted by atomic mass is 32.1. The Hall–Kier alpha value is -3.58. The van der Waals surface area contributed by atoms with Gasteiger partial charge in [0.25, 0.3) is 5.89 Å². The van der Waals surface area contributed by atoms with Crippen molar-refractivity contribution in [1.82, 2.24) is 15.1 Å². The van der Waals surface area contributed by atoms with Crippen LogP contribution in [0.15, 0.2) is 65.2 Å². The van der Waals surface area contributed by atoms with Crippen molar-refractivity contribution in [3.63, 3.8) is 0 Å². The van der Waals surface area contributed by atoms with Crippen molar-refractivity contribution in [1.29, 1.82) is 0 Å². The Balaban J connectivity index is 1.49. The number of benzene rings is 2. The van der Waals surface area contributed by atoms with Crippen LogP contribution in [-0.2, 0) is 4.79 Å². The highest BCUT2D eigenvalue weighted by molar-refractivity contribution is 7.19. The van der Waals surface area contributed by atoms with Gasteiger partial charge in [-0.2, -0.15) is 4.98 Å². The topological polar surface area (TPSA) is 80.9 Å². The van der Waals surface area contributed by atoms with Crippen LogP contribution < -0.4 is 5.32 Å². The summed E-state index contributed by atoms with van der Waals surface area (Å²) in [5, 5.41) is 7.32. The number of anilines is 1. The zero-order chi connectivity index (χ0) is 20.2. The molecule has 0 aliphatic rings. The van der Waals surface area contributed by atoms with E-state index in [2.05, 4.69) is 20.4 Å². The summed E-state index contributed by atoms with van der Waals surface area (Å²) < 4.78 is 5.42. The first kappa shape index (κ1) is 18.8. The van der Waals surface area contributed by atoms with E-state index in [-0.39, 0.29) is 5.91 Å². The predicted molar refractivity (Wildman–Crippen MR) is 114 cm³/mol. The summed E-state index contributed by atoms with van der Waals surface area (Å²) in [5.74, 6) is 0.653. The van der Waals surface area contributed by atoms with Crippen LogP contribution in [0.5, 0.6) is 0 Å². The minimum atomic E-state index is -0.250. The number of rotatable bonds is 5. The molecular formula is C22H18N4O2S. The number of thiazole rings is 1. The molecule has 2 heterocycles. The molecule has 4 aromatic rings. The molecule has 144 valence electrons. The molecular weight excluding hydrogens is 384 g/mol. The number of amides is 1. The maximum Gasteiger partial charge on any atom is 0.270 e. The molecule has 29 heavy (non-hydrogen) atoms. The summed E-state index contributed by atoms with van der Waals surface area (Å²) in [6, 6.07) is 17.5. The molecule has 0 aliphatic heterocycles. The smallest absolute Gasteiger partial charge is 0.270 e. The lowest BCUT2D eigenvalue weighted by molar-refractivity contribution is -0.111. The zero-order valence-electron chi connectivity index (χ0n) is 15.9. The Morgan fingerprint density at radius 1 is 1.03 bits per heavy atom. The van der Waals surface area contributed by atoms with Crippen LogP contribution in [-0.4, -0.2) is 21.0 Å². The molecule has 0 saturated carbocycles. The van der Waals surface area contributed by atoms with Crippen LogP contribution in [0.2, 0.25) is 0 Å². The Morgan fingerprint density at radius 3 is 2.55 bits per heavy atom. The number of carbonyl (C=O) groups excluding carboxylic acids is 1. The SMILES string of the molecule is Cc1ccc(-c2noc(-c3sc(NC(=O)C=Cc4ccccc4)nc3C)n2)cc1. The van der Waals surface area contributed by atoms with Gasteiger partial charge >= 0.3 is 0 Å². The number of nitrogens with one attached hydrogen (secondary N) is 1. The van der Waals surface area contributed by atoms with E-state index in [0.29, 0.717) is 16.8 Å². The molecule has 0 atom stereocenters. The van der Waals surface area contributed by atoms with Gasteiger partial charge in [-0.15, -0.1) is 0 Å². The summed E-state index contributed by atoms with van der Waals surface area (Å²) in [5.41, 5.74) is 3.72. The highest BCUT2D eigenvalue weighted by Gasteiger charge is 2.17. The van der Waals surface area contributed by atoms with E-state index in [4.69, 9.17) is 4.52 Å². The van der Waals surface area contributed by atoms with Crippen LogP contribution in [0, 0.1) is 13.8 Å². The van der Waals surface area contributed by atoms with Crippen LogP contribution in [0.1, 0.15) is 16.8 Å². The minimum absolute atomic E-state index is 0.250. The van der Waals surface area contributed by atoms with E-state index in [0.717, 1.165) is 27.3 Å². The molecule has 4 rings (SSSR count). The molecule has 1 amide bonds. The van der Waals surface area contributed by atoms with Crippen molar-refractivity contribution in [3.8, 4) is 22.2 Å². The Labute approximate surface area is 171 Å². The van der Waals surface area contributed by atoms with E-state index in [1.54, 1.807) is 6.08 Å². The van der Waals surface area contributed by atoms with E-state index in [1.807, 2.05) is 68.4 Å². The summed E-state index contributed by atoms with van der Waals surface area (Å²) in [7, 11) is 0. The molecule has 2 aromatic carbocycles. The fourth-order valence-corrected chi connectivity index (χ4v) is 3.56. The van der Waals surface area contributed by atoms with Crippen LogP contribution in [0.25, 0.3) is 28.2 Å². The molecule has 1 N–H and O–H groups in total. The van der Waals surface area contributed by atoms with E-state index < -0.39 is 0 Å². The second kappa shape index (κ2) is 8.20. The maximum atomic E-state index is 12.2. The van der Waals surface area contributed by atoms with Crippen LogP contribution >= 0.6 is 11.3 Å². The van der Waals surface area contributed by atoms with Crippen LogP contribution in [0.4, 0.5) is 5.13 Å². The molecule has 6 nitrogen and oxygen atoms in total. The molecule has 0 spiro atoms. The summed E-state index contributed by atoms with van der Waals surface area (Å²) >= 11 is 1.30. The lowest BCUT2D eigenvalue weighted by Crippen LogP contribution is -2.07. The molecule has 0 saturated heterocycles. The number of nitrogens with zero attached hydrogens (tertiary/aromatic N) is 3. The third-order valence-electron chi connectivity index (χ3n) is 4.18. The summed E-state index contributed by atoms with van der Waals surface area (Å²) in [6.07, 6.45) is 3.23. The number of aryl methyl sites for hydroxylation is 2. The molecule has 0 unspecified atom stereocenters. The maximum absolute atomic E-state index is 12.2. The number of hydrogen-bond acceptors (Lipinski definition) is 6. The van der Waals surface area contributed by atoms with E-state index in [1.165, 1.54) is 17.4 Å². The standard InChI is InChI=1S/C22H18N4O2S/c1-14-8-11-17(12-9-14)20-25-21(28-26-20)19-15(2)23-22(29-19)24-18(27)13-10-16-6-4-3-5-7-16/h3-13H,1-2H3,(H,23,24,27). The Bertz CT molecular complexity index is 1160. The molecule has 2 aromatic heterocycles. The van der Waals surface area contributed by atoms with Gasteiger partial charge in [-0.05, 0) is 25.5 Å². The van der Waals surface area contributed by atoms with E-state index >= 15 is 0 Å². The molecule has 0 bridgehead atoms. The van der Waals surface area contributed by atoms with Crippen molar-refractivity contribution in [2.24, 2.45) is 0 Å². The van der Waals surface area contributed by atoms with Crippen molar-refractivity contribution in [3.05, 3.63) is 77.5 Å². The first-order chi connectivity index (χ1) is 14.1. The monoisotopic (exact) mass is 402 g/mol. The predicted octanol–water partition coefficient (Wildman–Crippen LogP) is 5.13. The van der Waals surface area contributed by atoms with Gasteiger partial charge in [-0.25, -0.2) is 4.98 Å². The molecule has 0 aliphatic carbocycles. The first-order valence-electron chi connectivity index (χ1n) is 9.01. The third-order valence-corrected chi connectivity index (χ3v) is 5.24. The molecule has 0 fully saturated rings. The van der Waals surface area contributed by atoms with Gasteiger partial charge in [0.15, 0.2) is 5.13 Å². The lowest BCUT2D eigenvalue weighted by Gasteiger charge is -1.95. The first-order valence-corrected chi connectivity index (χ1v) is 9.83. The van der Waals surface area contributed by atoms with Crippen molar-refractivity contribution < 1.29 is 9.32 Å². The normalized spacial score (nSPS) is 11.1. The van der Waals surface area contributed by atoms with Gasteiger partial charge in [0, 0.05) is 11.6 Å². The van der Waals surface area contributed by atoms with Gasteiger partial charge < -0.3 is 4.52 Å². The second-order valence-corrected chi connectivity index (χ2v) is 7.46. The van der Waals surface area contributed by atoms with Crippen molar-refractivity contribution >= 4 is 28.5 Å². The highest BCUT2D eigenvalue weighted by Crippen LogP contribution is 2.32. The summed E-state index contributed by atoms with van der Waals surface area (Å²) in [4.78, 5) is 21.8. The van der Waals surface area contributed by atoms with Crippen molar-refractivity contribution in [2.45, 2.75) is 13.8 Å². The number of carbonyl (C=O) groups is 1. The average Bonchev–Trinajstić information content (AvgIpc) is 3.34. The average molecular weight is 402 g/mol. The number of aromatic nitrogens is 3. The van der Waals surface area contributed by atoms with Gasteiger partial charge in [0.2, 0.25) is 11.7 Å². The molecule has 7 heteroatoms. The summed E-state index contributed by atoms with van der Waals surface area (Å²) in [6.45, 7) is 3.87. The van der Waals surface area contributed by atoms with Crippen LogP contribution in [0.3, 0.4) is 0 Å². The van der Waals surface area contributed by atoms with Gasteiger partial charge in [0.05, 0.1) is 5.69 Å². The zero-order valence-corrected chi connectivity index (χ0v) is 16.7. The van der Waals surface area contributed by atoms with Gasteiger partial charge in [-0.3, -0.25) is 10.1 Å². The van der Waals surface area contributed by atoms with Gasteiger partial charge in [0.1, 0.15) is 4.88 Å². The fraction of sp³-hybridized carbons (Fsp3) is 0.0909. The molecule has 0 radical (unpaired) electrons. The Kier molecular flexibility index (Phi) is 5.31. The minimum Gasteiger partial charge on any atom is -0.333 e. The second-order valence-electron chi connectivity index (χ2n) is 6.46. The number of hydrogen-bond donors (Lipinski definition) is 1.